The van der Waals surface area contributed by atoms with E-state index in [0.29, 0.717) is 35.5 Å². The Bertz CT molecular complexity index is 1010. The van der Waals surface area contributed by atoms with Gasteiger partial charge in [-0.3, -0.25) is 0 Å². The second-order valence-electron chi connectivity index (χ2n) is 18.9. The van der Waals surface area contributed by atoms with Gasteiger partial charge in [0, 0.05) is 17.6 Å². The summed E-state index contributed by atoms with van der Waals surface area (Å²) in [4.78, 5) is 0. The molecule has 4 aliphatic carbocycles. The van der Waals surface area contributed by atoms with Crippen molar-refractivity contribution >= 4 is 33.3 Å². The van der Waals surface area contributed by atoms with Gasteiger partial charge in [0.25, 0.3) is 0 Å². The molecule has 4 aliphatic rings. The van der Waals surface area contributed by atoms with Crippen LogP contribution in [0.4, 0.5) is 0 Å². The van der Waals surface area contributed by atoms with Crippen LogP contribution in [-0.4, -0.2) is 56.2 Å². The summed E-state index contributed by atoms with van der Waals surface area (Å²) in [5.74, 6) is 2.97. The van der Waals surface area contributed by atoms with E-state index >= 15 is 0 Å². The molecule has 0 radical (unpaired) electrons. The van der Waals surface area contributed by atoms with Gasteiger partial charge in [0.1, 0.15) is 17.6 Å². The lowest BCUT2D eigenvalue weighted by atomic mass is 9.43. The molecule has 0 aromatic rings. The summed E-state index contributed by atoms with van der Waals surface area (Å²) in [6, 6.07) is 0. The van der Waals surface area contributed by atoms with Gasteiger partial charge in [0.05, 0.1) is 0 Å². The summed E-state index contributed by atoms with van der Waals surface area (Å²) >= 11 is 0. The van der Waals surface area contributed by atoms with Gasteiger partial charge in [-0.25, -0.2) is 0 Å². The zero-order valence-electron chi connectivity index (χ0n) is 29.8. The lowest BCUT2D eigenvalue weighted by Gasteiger charge is -2.64. The van der Waals surface area contributed by atoms with E-state index in [1.165, 1.54) is 32.1 Å². The van der Waals surface area contributed by atoms with Gasteiger partial charge in [0.2, 0.25) is 16.6 Å². The Balaban J connectivity index is 1.73. The molecule has 4 rings (SSSR count). The molecule has 0 aromatic heterocycles. The van der Waals surface area contributed by atoms with Crippen molar-refractivity contribution in [2.45, 2.75) is 162 Å². The Morgan fingerprint density at radius 3 is 1.90 bits per heavy atom. The molecule has 0 heterocycles. The molecule has 1 N–H and O–H groups in total. The maximum Gasteiger partial charge on any atom is 0.242 e. The van der Waals surface area contributed by atoms with Crippen LogP contribution in [0.2, 0.25) is 78.6 Å². The lowest BCUT2D eigenvalue weighted by molar-refractivity contribution is -0.193. The van der Waals surface area contributed by atoms with E-state index in [-0.39, 0.29) is 16.9 Å². The maximum absolute atomic E-state index is 12.9. The zero-order chi connectivity index (χ0) is 31.7. The van der Waals surface area contributed by atoms with Crippen LogP contribution >= 0.6 is 0 Å². The van der Waals surface area contributed by atoms with Crippen molar-refractivity contribution in [2.75, 3.05) is 0 Å². The van der Waals surface area contributed by atoms with Gasteiger partial charge in [-0.05, 0) is 159 Å². The fourth-order valence-corrected chi connectivity index (χ4v) is 13.3. The molecule has 0 amide bonds. The molecule has 5 nitrogen and oxygen atoms in total. The highest BCUT2D eigenvalue weighted by Gasteiger charge is 2.69. The van der Waals surface area contributed by atoms with Crippen molar-refractivity contribution in [2.24, 2.45) is 34.5 Å². The quantitative estimate of drug-likeness (QED) is 0.198. The van der Waals surface area contributed by atoms with Gasteiger partial charge in [-0.2, -0.15) is 0 Å². The van der Waals surface area contributed by atoms with E-state index < -0.39 is 38.9 Å². The average molecular weight is 655 g/mol. The number of aliphatic hydroxyl groups is 1. The second kappa shape index (κ2) is 11.4. The minimum Gasteiger partial charge on any atom is -0.547 e. The minimum atomic E-state index is -2.00. The molecule has 0 spiro atoms. The fraction of sp³-hybridized carbons (Fsp3) is 0.939. The van der Waals surface area contributed by atoms with Crippen molar-refractivity contribution in [3.05, 3.63) is 12.0 Å². The Hall–Kier alpha value is 0.0875. The van der Waals surface area contributed by atoms with E-state index in [9.17, 15) is 5.11 Å². The molecular weight excluding hydrogens is 589 g/mol. The summed E-state index contributed by atoms with van der Waals surface area (Å²) in [7, 11) is -7.25. The highest BCUT2D eigenvalue weighted by Crippen LogP contribution is 2.70. The minimum absolute atomic E-state index is 0.167. The van der Waals surface area contributed by atoms with Crippen molar-refractivity contribution in [3.63, 3.8) is 0 Å². The van der Waals surface area contributed by atoms with Crippen LogP contribution in [0.3, 0.4) is 0 Å². The Labute approximate surface area is 263 Å². The predicted molar refractivity (Wildman–Crippen MR) is 185 cm³/mol. The number of fused-ring (bicyclic) bond motifs is 5. The summed E-state index contributed by atoms with van der Waals surface area (Å²) in [5, 5.41) is 12.9. The first kappa shape index (κ1) is 35.0. The van der Waals surface area contributed by atoms with Crippen molar-refractivity contribution in [3.8, 4) is 0 Å². The largest absolute Gasteiger partial charge is 0.547 e. The first-order chi connectivity index (χ1) is 18.9. The van der Waals surface area contributed by atoms with Gasteiger partial charge >= 0.3 is 0 Å². The van der Waals surface area contributed by atoms with E-state index in [1.807, 2.05) is 6.26 Å². The van der Waals surface area contributed by atoms with Crippen molar-refractivity contribution < 1.29 is 22.8 Å². The first-order valence-corrected chi connectivity index (χ1v) is 30.7. The van der Waals surface area contributed by atoms with E-state index in [4.69, 9.17) is 17.7 Å². The van der Waals surface area contributed by atoms with Gasteiger partial charge in [-0.15, -0.1) is 0 Å². The maximum atomic E-state index is 12.9. The van der Waals surface area contributed by atoms with Crippen LogP contribution in [-0.2, 0) is 17.7 Å². The molecule has 4 saturated carbocycles. The van der Waals surface area contributed by atoms with E-state index in [1.54, 1.807) is 0 Å². The third-order valence-electron chi connectivity index (χ3n) is 11.0. The van der Waals surface area contributed by atoms with Crippen LogP contribution in [0.1, 0.15) is 65.2 Å². The lowest BCUT2D eigenvalue weighted by Crippen LogP contribution is -2.63. The number of rotatable bonds is 9. The molecule has 0 aliphatic heterocycles. The van der Waals surface area contributed by atoms with Gasteiger partial charge < -0.3 is 22.8 Å². The molecule has 0 bridgehead atoms. The molecule has 244 valence electrons. The third kappa shape index (κ3) is 7.22. The standard InChI is InChI=1S/C33H66O5Si4/c1-31-19-17-25(36-40(6,7)8)21-24(31)15-16-26-27-18-20-33(34,29(38-42(12,13)14)23-35-39(3,4)5)32(27,2)22-28(30(26)31)37-41(9,10)11/h23-28,30,34H,15-22H2,1-14H3/b29-23-/t24-,25-,26?,27?,28?,30?,31+,32+,33+/m1/s1. The van der Waals surface area contributed by atoms with Crippen LogP contribution < -0.4 is 0 Å². The Morgan fingerprint density at radius 2 is 1.36 bits per heavy atom. The van der Waals surface area contributed by atoms with Crippen LogP contribution in [0.15, 0.2) is 12.0 Å². The third-order valence-corrected chi connectivity index (χ3v) is 14.8. The van der Waals surface area contributed by atoms with Gasteiger partial charge in [0.15, 0.2) is 16.6 Å². The molecule has 4 fully saturated rings. The van der Waals surface area contributed by atoms with Crippen molar-refractivity contribution in [1.29, 1.82) is 0 Å². The van der Waals surface area contributed by atoms with Crippen LogP contribution in [0.25, 0.3) is 0 Å². The van der Waals surface area contributed by atoms with Crippen LogP contribution in [0.5, 0.6) is 0 Å². The predicted octanol–water partition coefficient (Wildman–Crippen LogP) is 9.35. The number of hydrogen-bond donors (Lipinski definition) is 1. The molecule has 42 heavy (non-hydrogen) atoms. The van der Waals surface area contributed by atoms with E-state index in [0.717, 1.165) is 19.3 Å². The normalized spacial score (nSPS) is 41.5. The topological polar surface area (TPSA) is 57.2 Å². The number of hydrogen-bond acceptors (Lipinski definition) is 5. The van der Waals surface area contributed by atoms with Gasteiger partial charge in [-0.1, -0.05) is 13.8 Å². The summed E-state index contributed by atoms with van der Waals surface area (Å²) in [6.45, 7) is 32.3. The molecule has 9 heteroatoms. The summed E-state index contributed by atoms with van der Waals surface area (Å²) in [6.07, 6.45) is 11.3. The smallest absolute Gasteiger partial charge is 0.242 e. The molecule has 9 atom stereocenters. The second-order valence-corrected chi connectivity index (χ2v) is 36.7. The van der Waals surface area contributed by atoms with E-state index in [2.05, 4.69) is 92.4 Å². The summed E-state index contributed by atoms with van der Waals surface area (Å²) in [5.41, 5.74) is -1.08. The SMILES string of the molecule is C[C@]12CC(O[Si](C)(C)C)C3C(CC[C@@H]4C[C@H](O[Si](C)(C)C)CC[C@]34C)C1CC[C@]2(O)/C(=C/O[Si](C)(C)C)O[Si](C)(C)C. The monoisotopic (exact) mass is 654 g/mol. The van der Waals surface area contributed by atoms with Crippen molar-refractivity contribution in [1.82, 2.24) is 0 Å². The highest BCUT2D eigenvalue weighted by atomic mass is 28.4. The average Bonchev–Trinajstić information content (AvgIpc) is 3.04. The molecule has 0 aromatic carbocycles. The highest BCUT2D eigenvalue weighted by molar-refractivity contribution is 6.71. The summed E-state index contributed by atoms with van der Waals surface area (Å²) < 4.78 is 27.1. The Kier molecular flexibility index (Phi) is 9.49. The Morgan fingerprint density at radius 1 is 0.738 bits per heavy atom. The molecular formula is C33H66O5Si4. The molecule has 4 unspecified atom stereocenters. The zero-order valence-corrected chi connectivity index (χ0v) is 33.8. The van der Waals surface area contributed by atoms with Crippen LogP contribution in [0, 0.1) is 34.5 Å². The molecule has 0 saturated heterocycles. The first-order valence-electron chi connectivity index (χ1n) is 17.0. The fourth-order valence-electron chi connectivity index (χ4n) is 9.65.